The third-order valence-corrected chi connectivity index (χ3v) is 3.17. The highest BCUT2D eigenvalue weighted by Crippen LogP contribution is 2.33. The third-order valence-electron chi connectivity index (χ3n) is 2.19. The Labute approximate surface area is 104 Å². The molecule has 4 heteroatoms. The quantitative estimate of drug-likeness (QED) is 0.591. The van der Waals surface area contributed by atoms with Gasteiger partial charge >= 0.3 is 0 Å². The van der Waals surface area contributed by atoms with Gasteiger partial charge in [0.05, 0.1) is 5.57 Å². The Morgan fingerprint density at radius 3 is 2.71 bits per heavy atom. The van der Waals surface area contributed by atoms with Crippen LogP contribution in [0.1, 0.15) is 5.56 Å². The van der Waals surface area contributed by atoms with Gasteiger partial charge in [-0.3, -0.25) is 0 Å². The van der Waals surface area contributed by atoms with E-state index in [1.165, 1.54) is 18.9 Å². The summed E-state index contributed by atoms with van der Waals surface area (Å²) in [6.07, 6.45) is 3.72. The van der Waals surface area contributed by atoms with Gasteiger partial charge in [0, 0.05) is 4.91 Å². The zero-order chi connectivity index (χ0) is 12.1. The lowest BCUT2D eigenvalue weighted by molar-refractivity contribution is 0.215. The summed E-state index contributed by atoms with van der Waals surface area (Å²) < 4.78 is 0. The molecule has 0 radical (unpaired) electrons. The van der Waals surface area contributed by atoms with Crippen molar-refractivity contribution in [3.05, 3.63) is 53.0 Å². The highest BCUT2D eigenvalue weighted by molar-refractivity contribution is 8.18. The Hall–Kier alpha value is -1.99. The van der Waals surface area contributed by atoms with E-state index in [1.54, 1.807) is 0 Å². The maximum absolute atomic E-state index is 9.23. The zero-order valence-electron chi connectivity index (χ0n) is 9.25. The van der Waals surface area contributed by atoms with E-state index in [9.17, 15) is 5.26 Å². The van der Waals surface area contributed by atoms with E-state index >= 15 is 0 Å². The van der Waals surface area contributed by atoms with Crippen molar-refractivity contribution in [2.75, 3.05) is 7.11 Å². The number of nitriles is 1. The molecule has 0 aromatic heterocycles. The number of thioether (sulfide) groups is 1. The molecule has 0 atom stereocenters. The van der Waals surface area contributed by atoms with Crippen molar-refractivity contribution < 1.29 is 4.84 Å². The van der Waals surface area contributed by atoms with Gasteiger partial charge in [-0.15, -0.1) is 0 Å². The van der Waals surface area contributed by atoms with Crippen LogP contribution >= 0.6 is 11.8 Å². The second kappa shape index (κ2) is 5.37. The number of benzene rings is 1. The summed E-state index contributed by atoms with van der Waals surface area (Å²) in [4.78, 5) is 5.60. The summed E-state index contributed by atoms with van der Waals surface area (Å²) in [6, 6.07) is 11.8. The van der Waals surface area contributed by atoms with E-state index in [0.29, 0.717) is 5.57 Å². The van der Waals surface area contributed by atoms with Gasteiger partial charge in [-0.25, -0.2) is 0 Å². The first-order valence-corrected chi connectivity index (χ1v) is 5.83. The molecule has 0 bridgehead atoms. The van der Waals surface area contributed by atoms with Crippen molar-refractivity contribution in [2.24, 2.45) is 5.16 Å². The number of oxime groups is 1. The van der Waals surface area contributed by atoms with Crippen molar-refractivity contribution in [1.82, 2.24) is 0 Å². The molecule has 0 spiro atoms. The lowest BCUT2D eigenvalue weighted by Gasteiger charge is -2.01. The molecule has 1 aliphatic heterocycles. The van der Waals surface area contributed by atoms with E-state index in [2.05, 4.69) is 11.2 Å². The van der Waals surface area contributed by atoms with Crippen LogP contribution in [0.3, 0.4) is 0 Å². The van der Waals surface area contributed by atoms with Gasteiger partial charge in [-0.1, -0.05) is 47.2 Å². The van der Waals surface area contributed by atoms with Crippen molar-refractivity contribution in [3.8, 4) is 6.07 Å². The average molecular weight is 242 g/mol. The van der Waals surface area contributed by atoms with Crippen LogP contribution in [0.25, 0.3) is 5.57 Å². The molecule has 1 heterocycles. The van der Waals surface area contributed by atoms with Crippen LogP contribution in [0.5, 0.6) is 0 Å². The maximum atomic E-state index is 9.23. The molecule has 0 amide bonds. The van der Waals surface area contributed by atoms with Gasteiger partial charge < -0.3 is 4.84 Å². The average Bonchev–Trinajstić information content (AvgIpc) is 2.81. The van der Waals surface area contributed by atoms with Gasteiger partial charge in [-0.2, -0.15) is 5.26 Å². The number of allylic oxidation sites excluding steroid dienone is 2. The fourth-order valence-electron chi connectivity index (χ4n) is 1.47. The molecule has 0 N–H and O–H groups in total. The highest BCUT2D eigenvalue weighted by atomic mass is 32.2. The number of nitrogens with zero attached hydrogens (tertiary/aromatic N) is 2. The molecule has 0 unspecified atom stereocenters. The van der Waals surface area contributed by atoms with Gasteiger partial charge in [0.25, 0.3) is 0 Å². The number of hydrogen-bond acceptors (Lipinski definition) is 4. The fourth-order valence-corrected chi connectivity index (χ4v) is 2.34. The van der Waals surface area contributed by atoms with Crippen molar-refractivity contribution >= 4 is 22.4 Å². The lowest BCUT2D eigenvalue weighted by atomic mass is 10.1. The van der Waals surface area contributed by atoms with Gasteiger partial charge in [-0.05, 0) is 17.7 Å². The van der Waals surface area contributed by atoms with Crippen LogP contribution in [0.4, 0.5) is 0 Å². The smallest absolute Gasteiger partial charge is 0.140 e. The highest BCUT2D eigenvalue weighted by Gasteiger charge is 2.15. The predicted octanol–water partition coefficient (Wildman–Crippen LogP) is 3.18. The largest absolute Gasteiger partial charge is 0.398 e. The second-order valence-electron chi connectivity index (χ2n) is 3.26. The fraction of sp³-hybridized carbons (Fsp3) is 0.0769. The summed E-state index contributed by atoms with van der Waals surface area (Å²) in [5.41, 5.74) is 1.58. The van der Waals surface area contributed by atoms with E-state index in [4.69, 9.17) is 4.84 Å². The zero-order valence-corrected chi connectivity index (χ0v) is 10.1. The van der Waals surface area contributed by atoms with Crippen LogP contribution in [0.15, 0.2) is 52.5 Å². The van der Waals surface area contributed by atoms with Gasteiger partial charge in [0.2, 0.25) is 0 Å². The van der Waals surface area contributed by atoms with Gasteiger partial charge in [0.15, 0.2) is 0 Å². The monoisotopic (exact) mass is 242 g/mol. The van der Waals surface area contributed by atoms with Crippen molar-refractivity contribution in [2.45, 2.75) is 0 Å². The van der Waals surface area contributed by atoms with E-state index in [0.717, 1.165) is 15.5 Å². The molecular formula is C13H10N2OS. The Balaban J connectivity index is 2.36. The first-order chi connectivity index (χ1) is 8.35. The molecule has 3 nitrogen and oxygen atoms in total. The number of rotatable bonds is 2. The minimum atomic E-state index is 0.660. The van der Waals surface area contributed by atoms with Crippen LogP contribution in [0.2, 0.25) is 0 Å². The molecule has 17 heavy (non-hydrogen) atoms. The standard InChI is InChI=1S/C13H10N2OS/c1-16-15-13-8-7-12(17-13)11(9-14)10-5-3-2-4-6-10/h2-8H,1H3/b12-11+,15-13?. The summed E-state index contributed by atoms with van der Waals surface area (Å²) in [5, 5.41) is 13.8. The Morgan fingerprint density at radius 1 is 1.29 bits per heavy atom. The Kier molecular flexibility index (Phi) is 3.63. The summed E-state index contributed by atoms with van der Waals surface area (Å²) >= 11 is 1.43. The number of hydrogen-bond donors (Lipinski definition) is 0. The summed E-state index contributed by atoms with van der Waals surface area (Å²) in [6.45, 7) is 0. The summed E-state index contributed by atoms with van der Waals surface area (Å²) in [5.74, 6) is 0. The lowest BCUT2D eigenvalue weighted by Crippen LogP contribution is -1.85. The van der Waals surface area contributed by atoms with Crippen molar-refractivity contribution in [1.29, 1.82) is 5.26 Å². The van der Waals surface area contributed by atoms with Crippen LogP contribution < -0.4 is 0 Å². The van der Waals surface area contributed by atoms with Crippen LogP contribution in [-0.4, -0.2) is 12.2 Å². The molecular weight excluding hydrogens is 232 g/mol. The molecule has 84 valence electrons. The Morgan fingerprint density at radius 2 is 2.06 bits per heavy atom. The van der Waals surface area contributed by atoms with Crippen LogP contribution in [0, 0.1) is 11.3 Å². The first-order valence-electron chi connectivity index (χ1n) is 5.02. The molecule has 1 aromatic carbocycles. The molecule has 0 fully saturated rings. The van der Waals surface area contributed by atoms with Gasteiger partial charge in [0.1, 0.15) is 18.2 Å². The molecule has 0 saturated carbocycles. The predicted molar refractivity (Wildman–Crippen MR) is 70.2 cm³/mol. The van der Waals surface area contributed by atoms with Crippen LogP contribution in [-0.2, 0) is 4.84 Å². The SMILES string of the molecule is CON=C1C=C/C(=C(/C#N)c2ccccc2)S1. The topological polar surface area (TPSA) is 45.4 Å². The molecule has 0 saturated heterocycles. The first kappa shape index (κ1) is 11.5. The van der Waals surface area contributed by atoms with E-state index in [-0.39, 0.29) is 0 Å². The van der Waals surface area contributed by atoms with Crippen molar-refractivity contribution in [3.63, 3.8) is 0 Å². The third kappa shape index (κ3) is 2.58. The molecule has 1 aliphatic rings. The summed E-state index contributed by atoms with van der Waals surface area (Å²) in [7, 11) is 1.51. The Bertz CT molecular complexity index is 538. The van der Waals surface area contributed by atoms with E-state index in [1.807, 2.05) is 42.5 Å². The normalized spacial score (nSPS) is 19.2. The second-order valence-corrected chi connectivity index (χ2v) is 4.33. The maximum Gasteiger partial charge on any atom is 0.140 e. The molecule has 1 aromatic rings. The minimum Gasteiger partial charge on any atom is -0.398 e. The minimum absolute atomic E-state index is 0.660. The molecule has 0 aliphatic carbocycles. The molecule has 2 rings (SSSR count). The van der Waals surface area contributed by atoms with E-state index < -0.39 is 0 Å².